The summed E-state index contributed by atoms with van der Waals surface area (Å²) < 4.78 is 0. The molecular formula is C26H28N4O. The quantitative estimate of drug-likeness (QED) is 0.578. The molecule has 31 heavy (non-hydrogen) atoms. The summed E-state index contributed by atoms with van der Waals surface area (Å²) in [6.45, 7) is 3.60. The zero-order chi connectivity index (χ0) is 21.5. The van der Waals surface area contributed by atoms with Gasteiger partial charge in [0.15, 0.2) is 0 Å². The number of nitrogens with one attached hydrogen (secondary N) is 1. The summed E-state index contributed by atoms with van der Waals surface area (Å²) in [5.74, 6) is 2.30. The van der Waals surface area contributed by atoms with Gasteiger partial charge in [0.05, 0.1) is 0 Å². The highest BCUT2D eigenvalue weighted by atomic mass is 16.2. The van der Waals surface area contributed by atoms with Crippen LogP contribution in [-0.2, 0) is 11.2 Å². The van der Waals surface area contributed by atoms with Gasteiger partial charge in [-0.1, -0.05) is 36.4 Å². The Hall–Kier alpha value is -3.47. The van der Waals surface area contributed by atoms with E-state index < -0.39 is 0 Å². The van der Waals surface area contributed by atoms with E-state index in [1.54, 1.807) is 6.08 Å². The molecule has 1 fully saturated rings. The van der Waals surface area contributed by atoms with Crippen LogP contribution in [0, 0.1) is 12.8 Å². The molecule has 3 aromatic rings. The van der Waals surface area contributed by atoms with Gasteiger partial charge < -0.3 is 10.2 Å². The molecule has 1 aliphatic rings. The third kappa shape index (κ3) is 6.01. The first-order valence-electron chi connectivity index (χ1n) is 10.8. The number of benzene rings is 1. The Kier molecular flexibility index (Phi) is 6.72. The maximum absolute atomic E-state index is 12.5. The van der Waals surface area contributed by atoms with Crippen LogP contribution in [0.4, 0.5) is 11.6 Å². The molecule has 0 unspecified atom stereocenters. The Labute approximate surface area is 183 Å². The van der Waals surface area contributed by atoms with Gasteiger partial charge in [-0.05, 0) is 73.6 Å². The number of carbonyl (C=O) groups excluding carboxylic acids is 1. The largest absolute Gasteiger partial charge is 0.339 e. The van der Waals surface area contributed by atoms with E-state index >= 15 is 0 Å². The van der Waals surface area contributed by atoms with Crippen LogP contribution in [0.15, 0.2) is 72.9 Å². The van der Waals surface area contributed by atoms with Crippen molar-refractivity contribution in [2.24, 2.45) is 5.92 Å². The molecule has 4 rings (SSSR count). The van der Waals surface area contributed by atoms with E-state index in [1.165, 1.54) is 5.56 Å². The molecule has 2 aromatic heterocycles. The number of carbonyl (C=O) groups is 1. The Morgan fingerprint density at radius 3 is 2.65 bits per heavy atom. The van der Waals surface area contributed by atoms with Gasteiger partial charge in [0, 0.05) is 31.1 Å². The summed E-state index contributed by atoms with van der Waals surface area (Å²) in [5.41, 5.74) is 3.29. The van der Waals surface area contributed by atoms with Crippen molar-refractivity contribution in [3.63, 3.8) is 0 Å². The lowest BCUT2D eigenvalue weighted by molar-refractivity contribution is -0.127. The molecule has 0 atom stereocenters. The van der Waals surface area contributed by atoms with E-state index in [4.69, 9.17) is 0 Å². The average molecular weight is 413 g/mol. The van der Waals surface area contributed by atoms with Gasteiger partial charge in [-0.15, -0.1) is 0 Å². The van der Waals surface area contributed by atoms with Crippen LogP contribution < -0.4 is 5.32 Å². The van der Waals surface area contributed by atoms with Crippen LogP contribution in [0.1, 0.15) is 29.7 Å². The summed E-state index contributed by atoms with van der Waals surface area (Å²) in [6.07, 6.45) is 8.48. The molecule has 1 aliphatic heterocycles. The number of aromatic nitrogens is 2. The Bertz CT molecular complexity index is 1040. The minimum Gasteiger partial charge on any atom is -0.339 e. The van der Waals surface area contributed by atoms with E-state index in [9.17, 15) is 4.79 Å². The smallest absolute Gasteiger partial charge is 0.246 e. The van der Waals surface area contributed by atoms with Gasteiger partial charge in [0.1, 0.15) is 11.6 Å². The fraction of sp³-hybridized carbons (Fsp3) is 0.269. The highest BCUT2D eigenvalue weighted by Gasteiger charge is 2.21. The van der Waals surface area contributed by atoms with E-state index in [0.717, 1.165) is 55.2 Å². The number of rotatable bonds is 6. The summed E-state index contributed by atoms with van der Waals surface area (Å²) >= 11 is 0. The number of likely N-dealkylation sites (tertiary alicyclic amines) is 1. The highest BCUT2D eigenvalue weighted by Crippen LogP contribution is 2.23. The summed E-state index contributed by atoms with van der Waals surface area (Å²) in [5, 5.41) is 3.29. The van der Waals surface area contributed by atoms with Crippen molar-refractivity contribution in [1.29, 1.82) is 0 Å². The van der Waals surface area contributed by atoms with Crippen molar-refractivity contribution in [2.75, 3.05) is 18.4 Å². The number of hydrogen-bond donors (Lipinski definition) is 1. The average Bonchev–Trinajstić information content (AvgIpc) is 2.79. The molecule has 0 spiro atoms. The van der Waals surface area contributed by atoms with Crippen molar-refractivity contribution in [2.45, 2.75) is 26.2 Å². The van der Waals surface area contributed by atoms with Crippen LogP contribution in [0.2, 0.25) is 0 Å². The van der Waals surface area contributed by atoms with Gasteiger partial charge >= 0.3 is 0 Å². The molecule has 5 heteroatoms. The molecule has 1 N–H and O–H groups in total. The number of pyridine rings is 2. The lowest BCUT2D eigenvalue weighted by atomic mass is 9.90. The summed E-state index contributed by atoms with van der Waals surface area (Å²) in [4.78, 5) is 23.4. The van der Waals surface area contributed by atoms with Gasteiger partial charge in [0.2, 0.25) is 5.91 Å². The van der Waals surface area contributed by atoms with Crippen molar-refractivity contribution in [3.8, 4) is 0 Å². The second-order valence-corrected chi connectivity index (χ2v) is 8.06. The molecule has 0 aliphatic carbocycles. The third-order valence-electron chi connectivity index (χ3n) is 5.64. The number of amides is 1. The topological polar surface area (TPSA) is 58.1 Å². The van der Waals surface area contributed by atoms with Crippen LogP contribution >= 0.6 is 0 Å². The number of aryl methyl sites for hydroxylation is 1. The maximum Gasteiger partial charge on any atom is 0.246 e. The molecule has 0 bridgehead atoms. The van der Waals surface area contributed by atoms with Crippen LogP contribution in [0.5, 0.6) is 0 Å². The van der Waals surface area contributed by atoms with Crippen molar-refractivity contribution in [3.05, 3.63) is 89.8 Å². The molecule has 1 aromatic carbocycles. The zero-order valence-corrected chi connectivity index (χ0v) is 17.9. The van der Waals surface area contributed by atoms with Gasteiger partial charge in [0.25, 0.3) is 0 Å². The number of nitrogens with zero attached hydrogens (tertiary/aromatic N) is 3. The molecule has 0 radical (unpaired) electrons. The molecule has 5 nitrogen and oxygen atoms in total. The second kappa shape index (κ2) is 10.0. The molecule has 158 valence electrons. The predicted octanol–water partition coefficient (Wildman–Crippen LogP) is 5.02. The SMILES string of the molecule is Cc1cccc(Nc2cc(CC3CCN(C(=O)/C=C/c4ccccc4)CC3)ccn2)n1. The van der Waals surface area contributed by atoms with Crippen molar-refractivity contribution < 1.29 is 4.79 Å². The Morgan fingerprint density at radius 2 is 1.87 bits per heavy atom. The van der Waals surface area contributed by atoms with Gasteiger partial charge in [-0.2, -0.15) is 0 Å². The fourth-order valence-electron chi connectivity index (χ4n) is 3.94. The first kappa shape index (κ1) is 20.8. The minimum atomic E-state index is 0.100. The predicted molar refractivity (Wildman–Crippen MR) is 125 cm³/mol. The van der Waals surface area contributed by atoms with Gasteiger partial charge in [-0.25, -0.2) is 9.97 Å². The lowest BCUT2D eigenvalue weighted by Crippen LogP contribution is -2.37. The van der Waals surface area contributed by atoms with Crippen LogP contribution in [-0.4, -0.2) is 33.9 Å². The Balaban J connectivity index is 1.29. The molecule has 3 heterocycles. The molecule has 0 saturated carbocycles. The first-order valence-corrected chi connectivity index (χ1v) is 10.8. The van der Waals surface area contributed by atoms with E-state index in [2.05, 4.69) is 27.4 Å². The van der Waals surface area contributed by atoms with E-state index in [-0.39, 0.29) is 5.91 Å². The maximum atomic E-state index is 12.5. The van der Waals surface area contributed by atoms with E-state index in [0.29, 0.717) is 5.92 Å². The van der Waals surface area contributed by atoms with Crippen LogP contribution in [0.3, 0.4) is 0 Å². The second-order valence-electron chi connectivity index (χ2n) is 8.06. The van der Waals surface area contributed by atoms with Crippen LogP contribution in [0.25, 0.3) is 6.08 Å². The fourth-order valence-corrected chi connectivity index (χ4v) is 3.94. The number of hydrogen-bond acceptors (Lipinski definition) is 4. The highest BCUT2D eigenvalue weighted by molar-refractivity contribution is 5.91. The Morgan fingerprint density at radius 1 is 1.06 bits per heavy atom. The zero-order valence-electron chi connectivity index (χ0n) is 17.9. The third-order valence-corrected chi connectivity index (χ3v) is 5.64. The van der Waals surface area contributed by atoms with Gasteiger partial charge in [-0.3, -0.25) is 4.79 Å². The normalized spacial score (nSPS) is 14.7. The minimum absolute atomic E-state index is 0.100. The number of anilines is 2. The first-order chi connectivity index (χ1) is 15.2. The van der Waals surface area contributed by atoms with E-state index in [1.807, 2.05) is 72.6 Å². The van der Waals surface area contributed by atoms with Crippen molar-refractivity contribution in [1.82, 2.24) is 14.9 Å². The lowest BCUT2D eigenvalue weighted by Gasteiger charge is -2.31. The van der Waals surface area contributed by atoms with Crippen molar-refractivity contribution >= 4 is 23.6 Å². The molecular weight excluding hydrogens is 384 g/mol. The molecule has 1 amide bonds. The monoisotopic (exact) mass is 412 g/mol. The molecule has 1 saturated heterocycles. The summed E-state index contributed by atoms with van der Waals surface area (Å²) in [7, 11) is 0. The number of piperidine rings is 1. The summed E-state index contributed by atoms with van der Waals surface area (Å²) in [6, 6.07) is 20.0. The standard InChI is InChI=1S/C26H28N4O/c1-20-6-5-9-24(28-20)29-25-19-23(12-15-27-25)18-22-13-16-30(17-14-22)26(31)11-10-21-7-3-2-4-8-21/h2-12,15,19,22H,13-14,16-18H2,1H3,(H,27,28,29)/b11-10+.